The summed E-state index contributed by atoms with van der Waals surface area (Å²) in [5.41, 5.74) is 0. The first-order chi connectivity index (χ1) is 52.2. The molecule has 52 nitrogen and oxygen atoms in total. The number of hydrogen-bond acceptors (Lipinski definition) is 49. The molecule has 7 aliphatic heterocycles. The first-order valence-electron chi connectivity index (χ1n) is 32.9. The molecule has 7 aliphatic rings. The summed E-state index contributed by atoms with van der Waals surface area (Å²) in [6.07, 6.45) is -55.9. The van der Waals surface area contributed by atoms with Gasteiger partial charge in [0.1, 0.15) is 110 Å². The number of carboxylic acids is 2. The molecule has 7 saturated heterocycles. The van der Waals surface area contributed by atoms with Crippen molar-refractivity contribution in [3.05, 3.63) is 0 Å². The maximum Gasteiger partial charge on any atom is 1.00 e. The molecule has 3 unspecified atom stereocenters. The zero-order chi connectivity index (χ0) is 83.3. The number of aliphatic hydroxyl groups is 1. The van der Waals surface area contributed by atoms with E-state index >= 15 is 0 Å². The van der Waals surface area contributed by atoms with Crippen LogP contribution in [0.25, 0.3) is 0 Å². The molecule has 650 valence electrons. The standard InChI is InChI=1S/C53H88N4O48S7.8Na/c1-84-31-22(17-91-107(66,67)68)94-48(29(30(31)60)56-27(59)15-9-8-12-16-54-26(58)14-11-10-13-25-28-21(20-106-25)55-53(65)57-28)99-37-35(86-3)42(88-5)51(101-40(37)46(61)62)98-33-24(19-93-109(72,73)74)96-52(45(105-112(81,82)83)39(33)103-110(75,76)77)100-38-36(87-4)43(89-6)50(102-41(38)47(63)64)97-32-23(18-92-108(69,70)71)95-49(90-7)44(34(32)85-2)104-111(78,79)80;;;;;;;;/h21-25,28-45,48-52,60H,8-20H2,1-7H3,(H,54,58)(H,56,59)(H,61,62)(H,63,64)(H2,55,57,65)(H,66,67,68)(H,69,70,71)(H,72,73,74)(H,75,76,77)(H,78,79,80)(H,81,82,83);;;;;;;;/q;8*+1/p-8/t21?,22-,23-,24-,25?,28?,29-,30-,31-,32-,33-,34+,35+,36+,37+,38+,39+,40+,41+,42-,43-,44-,45-,48-,49+,50+,51-,52-;;;;;;;;/m1......../s1. The van der Waals surface area contributed by atoms with Crippen LogP contribution in [0.3, 0.4) is 0 Å². The number of urea groups is 1. The third-order valence-corrected chi connectivity index (χ3v) is 22.1. The van der Waals surface area contributed by atoms with Crippen LogP contribution in [0.5, 0.6) is 0 Å². The number of ether oxygens (including phenoxy) is 16. The van der Waals surface area contributed by atoms with E-state index in [2.05, 4.69) is 46.4 Å². The fraction of sp³-hybridized carbons (Fsp3) is 0.906. The number of carbonyl (C=O) groups is 5. The predicted octanol–water partition coefficient (Wildman–Crippen LogP) is -35.4. The third-order valence-electron chi connectivity index (χ3n) is 18.0. The minimum atomic E-state index is -6.52. The maximum absolute atomic E-state index is 13.7. The average Bonchev–Trinajstić information content (AvgIpc) is 0.908. The minimum Gasteiger partial charge on any atom is -0.726 e. The Morgan fingerprint density at radius 3 is 1.22 bits per heavy atom. The van der Waals surface area contributed by atoms with Crippen molar-refractivity contribution in [2.24, 2.45) is 0 Å². The van der Waals surface area contributed by atoms with E-state index in [1.54, 1.807) is 11.8 Å². The third kappa shape index (κ3) is 38.3. The van der Waals surface area contributed by atoms with E-state index in [1.165, 1.54) is 0 Å². The number of fused-ring (bicyclic) bond motifs is 1. The van der Waals surface area contributed by atoms with E-state index in [1.807, 2.05) is 0 Å². The Morgan fingerprint density at radius 2 is 0.792 bits per heavy atom. The van der Waals surface area contributed by atoms with Crippen LogP contribution in [0.2, 0.25) is 0 Å². The van der Waals surface area contributed by atoms with Gasteiger partial charge in [-0.05, 0) is 25.7 Å². The molecule has 0 aromatic carbocycles. The molecule has 7 rings (SSSR count). The SMILES string of the molecule is CO[C@H]1O[C@H](COS(=O)(=O)[O-])[C@@H](O[C@H]2O[C@H](C(=O)[O-])[C@@H](O[C@H]3O[C@H](COS(=O)(=O)[O-])[C@@H](O[C@@H]4O[C@H](C(=O)[O-])[C@@H](O[C@H]5O[C@H](COS(=O)(=O)[O-])[C@@H](OC)[C@H](O)[C@H]5NC(=O)CCCCCNC(=O)CCCCC5SCC6NC(=O)NC65)[C@H](OC)[C@H]4OC)[C@H](OS(=O)(=O)[O-])[C@H]3OS(=O)(=O)[O-])[C@H](OC)[C@H]2OC)[C@H](OC)[C@H]1OS(=O)(=O)[O-].[Na+].[Na+].[Na+].[Na+].[Na+].[Na+].[Na+].[Na+]. The van der Waals surface area contributed by atoms with E-state index < -0.39 is 254 Å². The van der Waals surface area contributed by atoms with Crippen molar-refractivity contribution in [3.8, 4) is 0 Å². The number of carbonyl (C=O) groups excluding carboxylic acids is 5. The van der Waals surface area contributed by atoms with Crippen LogP contribution in [-0.2, 0) is 182 Å². The molecular formula is C53H80N4Na8O48S7. The Morgan fingerprint density at radius 1 is 0.425 bits per heavy atom. The van der Waals surface area contributed by atoms with Crippen molar-refractivity contribution in [1.29, 1.82) is 0 Å². The molecular weight excluding hydrogens is 1870 g/mol. The molecule has 120 heavy (non-hydrogen) atoms. The summed E-state index contributed by atoms with van der Waals surface area (Å²) in [6, 6.07) is -2.09. The summed E-state index contributed by atoms with van der Waals surface area (Å²) in [7, 11) is -30.4. The summed E-state index contributed by atoms with van der Waals surface area (Å²) < 4.78 is 336. The van der Waals surface area contributed by atoms with Crippen LogP contribution < -0.4 is 268 Å². The monoisotopic (exact) mass is 1950 g/mol. The van der Waals surface area contributed by atoms with Gasteiger partial charge in [0.2, 0.25) is 74.2 Å². The first kappa shape index (κ1) is 126. The Hall–Kier alpha value is 4.04. The van der Waals surface area contributed by atoms with Crippen LogP contribution >= 0.6 is 11.8 Å². The average molecular weight is 1950 g/mol. The second kappa shape index (κ2) is 57.2. The molecule has 0 radical (unpaired) electrons. The molecule has 4 amide bonds. The molecule has 0 spiro atoms. The van der Waals surface area contributed by atoms with Crippen LogP contribution in [0, 0.1) is 0 Å². The molecule has 0 aromatic rings. The van der Waals surface area contributed by atoms with Crippen LogP contribution in [0.1, 0.15) is 51.4 Å². The topological polar surface area (TPSA) is 746 Å². The molecule has 0 aromatic heterocycles. The van der Waals surface area contributed by atoms with Gasteiger partial charge in [-0.15, -0.1) is 0 Å². The van der Waals surface area contributed by atoms with Crippen molar-refractivity contribution in [1.82, 2.24) is 21.3 Å². The number of nitrogens with one attached hydrogen (secondary N) is 4. The van der Waals surface area contributed by atoms with E-state index in [4.69, 9.17) is 75.8 Å². The van der Waals surface area contributed by atoms with Crippen molar-refractivity contribution >= 4 is 104 Å². The number of amides is 4. The smallest absolute Gasteiger partial charge is 0.726 e. The number of unbranched alkanes of at least 4 members (excludes halogenated alkanes) is 3. The van der Waals surface area contributed by atoms with Gasteiger partial charge in [-0.2, -0.15) is 11.8 Å². The van der Waals surface area contributed by atoms with Gasteiger partial charge in [-0.1, -0.05) is 12.8 Å². The number of rotatable bonds is 44. The van der Waals surface area contributed by atoms with E-state index in [-0.39, 0.29) is 292 Å². The van der Waals surface area contributed by atoms with Crippen molar-refractivity contribution < 1.29 is 454 Å². The van der Waals surface area contributed by atoms with Crippen molar-refractivity contribution in [2.45, 2.75) is 222 Å². The van der Waals surface area contributed by atoms with E-state index in [9.17, 15) is 117 Å². The summed E-state index contributed by atoms with van der Waals surface area (Å²) in [6.45, 7) is -4.35. The van der Waals surface area contributed by atoms with Gasteiger partial charge < -0.3 is 149 Å². The molecule has 0 saturated carbocycles. The number of aliphatic hydroxyl groups excluding tert-OH is 1. The largest absolute Gasteiger partial charge is 1.00 e. The van der Waals surface area contributed by atoms with Crippen molar-refractivity contribution in [2.75, 3.05) is 81.9 Å². The number of hydrogen-bond donors (Lipinski definition) is 5. The van der Waals surface area contributed by atoms with Gasteiger partial charge in [0.05, 0.1) is 43.8 Å². The number of aliphatic carboxylic acids is 2. The van der Waals surface area contributed by atoms with Crippen LogP contribution in [-0.4, -0.2) is 365 Å². The summed E-state index contributed by atoms with van der Waals surface area (Å²) in [5, 5.41) is 49.7. The fourth-order valence-corrected chi connectivity index (χ4v) is 17.2. The van der Waals surface area contributed by atoms with Gasteiger partial charge >= 0.3 is 242 Å². The van der Waals surface area contributed by atoms with Crippen molar-refractivity contribution in [3.63, 3.8) is 0 Å². The molecule has 0 aliphatic carbocycles. The predicted molar refractivity (Wildman–Crippen MR) is 339 cm³/mol. The van der Waals surface area contributed by atoms with E-state index in [0.717, 1.165) is 68.4 Å². The number of methoxy groups -OCH3 is 7. The Kier molecular flexibility index (Phi) is 60.1. The molecule has 5 N–H and O–H groups in total. The minimum absolute atomic E-state index is 0. The van der Waals surface area contributed by atoms with E-state index in [0.29, 0.717) is 19.3 Å². The Labute approximate surface area is 871 Å². The molecule has 0 bridgehead atoms. The molecule has 7 heterocycles. The molecule has 7 fully saturated rings. The summed E-state index contributed by atoms with van der Waals surface area (Å²) >= 11 is 1.74. The second-order valence-electron chi connectivity index (χ2n) is 25.1. The van der Waals surface area contributed by atoms with Gasteiger partial charge in [0.25, 0.3) is 0 Å². The van der Waals surface area contributed by atoms with Crippen LogP contribution in [0.4, 0.5) is 4.79 Å². The quantitative estimate of drug-likeness (QED) is 0.0124. The zero-order valence-electron chi connectivity index (χ0n) is 67.4. The van der Waals surface area contributed by atoms with Crippen LogP contribution in [0.15, 0.2) is 0 Å². The Balaban J connectivity index is 0. The van der Waals surface area contributed by atoms with Gasteiger partial charge in [-0.25, -0.2) is 55.3 Å². The zero-order valence-corrected chi connectivity index (χ0v) is 89.1. The number of thioether (sulfide) groups is 1. The van der Waals surface area contributed by atoms with Gasteiger partial charge in [0.15, 0.2) is 43.7 Å². The maximum atomic E-state index is 13.7. The van der Waals surface area contributed by atoms with Gasteiger partial charge in [-0.3, -0.25) is 34.7 Å². The molecule has 28 atom stereocenters. The normalized spacial score (nSPS) is 33.9. The van der Waals surface area contributed by atoms with Gasteiger partial charge in [0, 0.05) is 80.2 Å². The number of carboxylic acid groups (broad SMARTS) is 2. The fourth-order valence-electron chi connectivity index (χ4n) is 13.3. The first-order valence-corrected chi connectivity index (χ1v) is 42.0. The summed E-state index contributed by atoms with van der Waals surface area (Å²) in [4.78, 5) is 64.8. The second-order valence-corrected chi connectivity index (χ2v) is 32.5. The summed E-state index contributed by atoms with van der Waals surface area (Å²) in [5.74, 6) is -5.17. The molecule has 67 heteroatoms. The Bertz CT molecular complexity index is 3900.